The molecule has 0 bridgehead atoms. The van der Waals surface area contributed by atoms with Gasteiger partial charge in [-0.3, -0.25) is 15.6 Å². The normalized spacial score (nSPS) is 14.4. The first-order chi connectivity index (χ1) is 17.0. The number of likely N-dealkylation sites (tertiary alicyclic amines) is 1. The van der Waals surface area contributed by atoms with E-state index in [4.69, 9.17) is 21.3 Å². The average Bonchev–Trinajstić information content (AvgIpc) is 2.84. The fraction of sp³-hybridized carbons (Fsp3) is 0.269. The van der Waals surface area contributed by atoms with Crippen molar-refractivity contribution in [2.75, 3.05) is 23.7 Å². The second-order valence-electron chi connectivity index (χ2n) is 8.91. The smallest absolute Gasteiger partial charge is 0.272 e. The highest BCUT2D eigenvalue weighted by Gasteiger charge is 2.27. The highest BCUT2D eigenvalue weighted by molar-refractivity contribution is 7.92. The second-order valence-corrected chi connectivity index (χ2v) is 10.7. The Balaban J connectivity index is 1.56. The molecule has 36 heavy (non-hydrogen) atoms. The number of benzene rings is 3. The number of nitrogens with zero attached hydrogens (tertiary/aromatic N) is 2. The van der Waals surface area contributed by atoms with E-state index in [-0.39, 0.29) is 23.2 Å². The van der Waals surface area contributed by atoms with Crippen molar-refractivity contribution >= 4 is 44.1 Å². The van der Waals surface area contributed by atoms with Gasteiger partial charge < -0.3 is 15.4 Å². The number of carbonyl (C=O) groups excluding carboxylic acids is 1. The molecule has 0 atom stereocenters. The number of nitrogen functional groups attached to an aromatic ring is 1. The molecule has 1 aliphatic rings. The molecule has 9 nitrogen and oxygen atoms in total. The molecule has 1 amide bonds. The summed E-state index contributed by atoms with van der Waals surface area (Å²) >= 11 is 0. The van der Waals surface area contributed by atoms with Crippen molar-refractivity contribution < 1.29 is 17.9 Å². The zero-order valence-corrected chi connectivity index (χ0v) is 21.0. The molecule has 0 aliphatic carbocycles. The molecule has 188 valence electrons. The minimum atomic E-state index is -3.93. The lowest BCUT2D eigenvalue weighted by molar-refractivity contribution is 0.101. The minimum absolute atomic E-state index is 0.0107. The molecule has 0 aromatic heterocycles. The lowest BCUT2D eigenvalue weighted by atomic mass is 10.0. The van der Waals surface area contributed by atoms with Gasteiger partial charge in [0.15, 0.2) is 0 Å². The number of fused-ring (bicyclic) bond motifs is 1. The Hall–Kier alpha value is -3.92. The zero-order valence-electron chi connectivity index (χ0n) is 20.2. The monoisotopic (exact) mass is 507 g/mol. The first-order valence-electron chi connectivity index (χ1n) is 11.5. The lowest BCUT2D eigenvalue weighted by Gasteiger charge is -2.32. The molecule has 1 fully saturated rings. The van der Waals surface area contributed by atoms with Gasteiger partial charge in [-0.15, -0.1) is 0 Å². The number of amidine groups is 2. The van der Waals surface area contributed by atoms with Gasteiger partial charge in [0.25, 0.3) is 5.91 Å². The van der Waals surface area contributed by atoms with E-state index in [1.54, 1.807) is 67.6 Å². The summed E-state index contributed by atoms with van der Waals surface area (Å²) in [5.41, 5.74) is 6.50. The SMILES string of the molecule is CC(=N)N1CCC(Oc2ccc(N(C(=O)c3ccc4ccc(C(=N)N)cc4c3)S(C)(=O)=O)cc2)CC1. The van der Waals surface area contributed by atoms with Crippen molar-refractivity contribution in [3.8, 4) is 5.75 Å². The number of piperidine rings is 1. The van der Waals surface area contributed by atoms with Crippen LogP contribution >= 0.6 is 0 Å². The number of rotatable bonds is 6. The molecule has 0 spiro atoms. The van der Waals surface area contributed by atoms with Crippen LogP contribution in [0.25, 0.3) is 10.8 Å². The van der Waals surface area contributed by atoms with Crippen molar-refractivity contribution in [2.24, 2.45) is 5.73 Å². The van der Waals surface area contributed by atoms with E-state index in [1.807, 2.05) is 4.90 Å². The summed E-state index contributed by atoms with van der Waals surface area (Å²) in [7, 11) is -3.93. The van der Waals surface area contributed by atoms with Gasteiger partial charge in [-0.2, -0.15) is 0 Å². The second kappa shape index (κ2) is 9.98. The maximum atomic E-state index is 13.4. The van der Waals surface area contributed by atoms with Crippen LogP contribution in [-0.2, 0) is 10.0 Å². The van der Waals surface area contributed by atoms with Crippen LogP contribution in [0, 0.1) is 10.8 Å². The molecule has 0 radical (unpaired) electrons. The molecule has 3 aromatic rings. The topological polar surface area (TPSA) is 141 Å². The molecule has 1 saturated heterocycles. The highest BCUT2D eigenvalue weighted by atomic mass is 32.2. The largest absolute Gasteiger partial charge is 0.490 e. The van der Waals surface area contributed by atoms with Crippen LogP contribution in [0.4, 0.5) is 5.69 Å². The predicted molar refractivity (Wildman–Crippen MR) is 142 cm³/mol. The van der Waals surface area contributed by atoms with Crippen LogP contribution < -0.4 is 14.8 Å². The van der Waals surface area contributed by atoms with Crippen LogP contribution in [0.3, 0.4) is 0 Å². The number of amides is 1. The number of ether oxygens (including phenoxy) is 1. The Morgan fingerprint density at radius 1 is 0.972 bits per heavy atom. The maximum absolute atomic E-state index is 13.4. The Bertz CT molecular complexity index is 1430. The van der Waals surface area contributed by atoms with Crippen molar-refractivity contribution in [3.63, 3.8) is 0 Å². The van der Waals surface area contributed by atoms with Crippen LogP contribution in [-0.4, -0.2) is 56.3 Å². The van der Waals surface area contributed by atoms with E-state index in [0.29, 0.717) is 22.5 Å². The molecule has 1 heterocycles. The first kappa shape index (κ1) is 25.2. The van der Waals surface area contributed by atoms with Gasteiger partial charge in [0, 0.05) is 37.1 Å². The fourth-order valence-corrected chi connectivity index (χ4v) is 5.20. The van der Waals surface area contributed by atoms with Gasteiger partial charge in [-0.05, 0) is 60.2 Å². The van der Waals surface area contributed by atoms with Crippen molar-refractivity contribution in [1.29, 1.82) is 10.8 Å². The quantitative estimate of drug-likeness (QED) is 0.344. The number of hydrogen-bond donors (Lipinski definition) is 3. The van der Waals surface area contributed by atoms with Crippen LogP contribution in [0.5, 0.6) is 5.75 Å². The number of hydrogen-bond acceptors (Lipinski definition) is 6. The van der Waals surface area contributed by atoms with E-state index >= 15 is 0 Å². The van der Waals surface area contributed by atoms with Crippen molar-refractivity contribution in [1.82, 2.24) is 4.90 Å². The van der Waals surface area contributed by atoms with E-state index < -0.39 is 15.9 Å². The fourth-order valence-electron chi connectivity index (χ4n) is 4.29. The Morgan fingerprint density at radius 2 is 1.56 bits per heavy atom. The van der Waals surface area contributed by atoms with Gasteiger partial charge in [-0.25, -0.2) is 12.7 Å². The number of sulfonamides is 1. The summed E-state index contributed by atoms with van der Waals surface area (Å²) in [5.74, 6) is 0.362. The Labute approximate surface area is 210 Å². The third kappa shape index (κ3) is 5.49. The molecule has 10 heteroatoms. The van der Waals surface area contributed by atoms with Gasteiger partial charge in [0.1, 0.15) is 17.7 Å². The molecule has 3 aromatic carbocycles. The number of nitrogens with one attached hydrogen (secondary N) is 2. The zero-order chi connectivity index (χ0) is 26.0. The van der Waals surface area contributed by atoms with Crippen molar-refractivity contribution in [2.45, 2.75) is 25.9 Å². The van der Waals surface area contributed by atoms with E-state index in [0.717, 1.165) is 41.9 Å². The van der Waals surface area contributed by atoms with Crippen LogP contribution in [0.2, 0.25) is 0 Å². The van der Waals surface area contributed by atoms with E-state index in [9.17, 15) is 13.2 Å². The molecular formula is C26H29N5O4S. The molecule has 0 unspecified atom stereocenters. The summed E-state index contributed by atoms with van der Waals surface area (Å²) in [4.78, 5) is 15.4. The Kier molecular flexibility index (Phi) is 6.98. The molecular weight excluding hydrogens is 478 g/mol. The highest BCUT2D eigenvalue weighted by Crippen LogP contribution is 2.27. The third-order valence-corrected chi connectivity index (χ3v) is 7.24. The minimum Gasteiger partial charge on any atom is -0.490 e. The van der Waals surface area contributed by atoms with Crippen LogP contribution in [0.1, 0.15) is 35.7 Å². The maximum Gasteiger partial charge on any atom is 0.272 e. The van der Waals surface area contributed by atoms with Crippen LogP contribution in [0.15, 0.2) is 60.7 Å². The van der Waals surface area contributed by atoms with Gasteiger partial charge >= 0.3 is 0 Å². The Morgan fingerprint density at radius 3 is 2.11 bits per heavy atom. The lowest BCUT2D eigenvalue weighted by Crippen LogP contribution is -2.40. The van der Waals surface area contributed by atoms with Gasteiger partial charge in [-0.1, -0.05) is 18.2 Å². The number of nitrogens with two attached hydrogens (primary N) is 1. The summed E-state index contributed by atoms with van der Waals surface area (Å²) < 4.78 is 32.1. The summed E-state index contributed by atoms with van der Waals surface area (Å²) in [5, 5.41) is 16.9. The summed E-state index contributed by atoms with van der Waals surface area (Å²) in [6.07, 6.45) is 2.58. The molecule has 4 N–H and O–H groups in total. The average molecular weight is 508 g/mol. The molecule has 1 aliphatic heterocycles. The molecule has 0 saturated carbocycles. The van der Waals surface area contributed by atoms with Crippen molar-refractivity contribution in [3.05, 3.63) is 71.8 Å². The summed E-state index contributed by atoms with van der Waals surface area (Å²) in [6, 6.07) is 16.6. The molecule has 4 rings (SSSR count). The van der Waals surface area contributed by atoms with Gasteiger partial charge in [0.2, 0.25) is 10.0 Å². The van der Waals surface area contributed by atoms with E-state index in [2.05, 4.69) is 0 Å². The standard InChI is InChI=1S/C26H29N5O4S/c1-17(27)30-13-11-24(12-14-30)35-23-9-7-22(8-10-23)31(36(2,33)34)26(32)20-6-4-18-3-5-19(25(28)29)15-21(18)16-20/h3-10,15-16,24,27H,11-14H2,1-2H3,(H3,28,29). The first-order valence-corrected chi connectivity index (χ1v) is 13.4. The van der Waals surface area contributed by atoms with Gasteiger partial charge in [0.05, 0.1) is 17.8 Å². The number of carbonyl (C=O) groups is 1. The summed E-state index contributed by atoms with van der Waals surface area (Å²) in [6.45, 7) is 3.29. The number of anilines is 1. The van der Waals surface area contributed by atoms with E-state index in [1.165, 1.54) is 0 Å². The third-order valence-electron chi connectivity index (χ3n) is 6.20. The predicted octanol–water partition coefficient (Wildman–Crippen LogP) is 3.57.